The number of nitrogens with two attached hydrogens (primary N) is 1. The predicted octanol–water partition coefficient (Wildman–Crippen LogP) is -0.702. The zero-order valence-corrected chi connectivity index (χ0v) is 11.7. The smallest absolute Gasteiger partial charge is 0.242 e. The Labute approximate surface area is 109 Å². The van der Waals surface area contributed by atoms with Crippen molar-refractivity contribution < 1.29 is 9.59 Å². The van der Waals surface area contributed by atoms with Crippen LogP contribution in [0.25, 0.3) is 0 Å². The number of nitrogens with one attached hydrogen (secondary N) is 2. The van der Waals surface area contributed by atoms with Crippen molar-refractivity contribution in [3.8, 4) is 0 Å². The Morgan fingerprint density at radius 2 is 1.94 bits per heavy atom. The van der Waals surface area contributed by atoms with Gasteiger partial charge in [0.25, 0.3) is 0 Å². The third kappa shape index (κ3) is 8.95. The van der Waals surface area contributed by atoms with Gasteiger partial charge in [0.05, 0.1) is 0 Å². The molecule has 0 aromatic carbocycles. The third-order valence-corrected chi connectivity index (χ3v) is 2.50. The van der Waals surface area contributed by atoms with E-state index in [9.17, 15) is 9.59 Å². The van der Waals surface area contributed by atoms with Gasteiger partial charge >= 0.3 is 0 Å². The molecule has 0 aliphatic heterocycles. The first kappa shape index (κ1) is 16.9. The molecular weight excluding hydrogens is 232 g/mol. The number of nitrogens with zero attached hydrogens (tertiary/aromatic N) is 1. The Kier molecular flexibility index (Phi) is 9.22. The summed E-state index contributed by atoms with van der Waals surface area (Å²) in [6.45, 7) is 3.39. The number of carbonyl (C=O) groups excluding carboxylic acids is 2. The van der Waals surface area contributed by atoms with Gasteiger partial charge in [-0.15, -0.1) is 0 Å². The van der Waals surface area contributed by atoms with Crippen LogP contribution in [-0.4, -0.2) is 56.5 Å². The Morgan fingerprint density at radius 1 is 1.28 bits per heavy atom. The number of hydrogen-bond donors (Lipinski definition) is 3. The molecule has 0 rings (SSSR count). The van der Waals surface area contributed by atoms with Crippen LogP contribution < -0.4 is 16.4 Å². The van der Waals surface area contributed by atoms with Crippen LogP contribution in [0.5, 0.6) is 0 Å². The second-order valence-corrected chi connectivity index (χ2v) is 4.63. The molecule has 2 amide bonds. The minimum atomic E-state index is -0.448. The maximum Gasteiger partial charge on any atom is 0.242 e. The summed E-state index contributed by atoms with van der Waals surface area (Å²) in [7, 11) is 3.89. The molecule has 18 heavy (non-hydrogen) atoms. The third-order valence-electron chi connectivity index (χ3n) is 2.50. The molecule has 1 atom stereocenters. The molecule has 0 radical (unpaired) electrons. The summed E-state index contributed by atoms with van der Waals surface area (Å²) in [5.41, 5.74) is 5.41. The molecule has 6 nitrogen and oxygen atoms in total. The van der Waals surface area contributed by atoms with Gasteiger partial charge in [0.15, 0.2) is 0 Å². The van der Waals surface area contributed by atoms with Crippen molar-refractivity contribution in [2.45, 2.75) is 32.2 Å². The van der Waals surface area contributed by atoms with Crippen LogP contribution in [0.2, 0.25) is 0 Å². The van der Waals surface area contributed by atoms with Crippen LogP contribution in [0.15, 0.2) is 0 Å². The van der Waals surface area contributed by atoms with E-state index in [-0.39, 0.29) is 11.8 Å². The number of hydrogen-bond acceptors (Lipinski definition) is 4. The normalized spacial score (nSPS) is 12.3. The molecule has 0 fully saturated rings. The van der Waals surface area contributed by atoms with E-state index in [2.05, 4.69) is 10.6 Å². The van der Waals surface area contributed by atoms with Gasteiger partial charge in [-0.2, -0.15) is 0 Å². The van der Waals surface area contributed by atoms with Crippen LogP contribution in [0, 0.1) is 0 Å². The van der Waals surface area contributed by atoms with Crippen molar-refractivity contribution in [3.63, 3.8) is 0 Å². The molecule has 0 bridgehead atoms. The standard InChI is InChI=1S/C12H26N4O2/c1-10(17)15-11(6-4-5-7-13)12(18)14-8-9-16(2)3/h11H,4-9,13H2,1-3H3,(H,14,18)(H,15,17). The van der Waals surface area contributed by atoms with Gasteiger partial charge in [-0.1, -0.05) is 0 Å². The number of amides is 2. The average molecular weight is 258 g/mol. The maximum atomic E-state index is 11.9. The first-order valence-electron chi connectivity index (χ1n) is 6.37. The highest BCUT2D eigenvalue weighted by atomic mass is 16.2. The van der Waals surface area contributed by atoms with Gasteiger partial charge in [-0.25, -0.2) is 0 Å². The van der Waals surface area contributed by atoms with E-state index in [1.54, 1.807) is 0 Å². The fourth-order valence-electron chi connectivity index (χ4n) is 1.53. The predicted molar refractivity (Wildman–Crippen MR) is 72.1 cm³/mol. The summed E-state index contributed by atoms with van der Waals surface area (Å²) in [4.78, 5) is 24.9. The zero-order valence-electron chi connectivity index (χ0n) is 11.7. The molecular formula is C12H26N4O2. The Morgan fingerprint density at radius 3 is 2.44 bits per heavy atom. The van der Waals surface area contributed by atoms with Gasteiger partial charge in [0, 0.05) is 20.0 Å². The minimum Gasteiger partial charge on any atom is -0.353 e. The van der Waals surface area contributed by atoms with E-state index in [0.717, 1.165) is 19.4 Å². The van der Waals surface area contributed by atoms with Gasteiger partial charge in [0.1, 0.15) is 6.04 Å². The molecule has 4 N–H and O–H groups in total. The Bertz CT molecular complexity index is 256. The van der Waals surface area contributed by atoms with E-state index in [1.807, 2.05) is 19.0 Å². The van der Waals surface area contributed by atoms with Gasteiger partial charge < -0.3 is 21.3 Å². The summed E-state index contributed by atoms with van der Waals surface area (Å²) in [6.07, 6.45) is 2.33. The molecule has 0 aliphatic rings. The molecule has 0 aliphatic carbocycles. The van der Waals surface area contributed by atoms with E-state index < -0.39 is 6.04 Å². The number of rotatable bonds is 9. The molecule has 0 heterocycles. The Hall–Kier alpha value is -1.14. The molecule has 1 unspecified atom stereocenters. The lowest BCUT2D eigenvalue weighted by atomic mass is 10.1. The van der Waals surface area contributed by atoms with Crippen LogP contribution in [0.4, 0.5) is 0 Å². The number of carbonyl (C=O) groups is 2. The van der Waals surface area contributed by atoms with Gasteiger partial charge in [0.2, 0.25) is 11.8 Å². The van der Waals surface area contributed by atoms with Crippen LogP contribution in [0.1, 0.15) is 26.2 Å². The molecule has 6 heteroatoms. The lowest BCUT2D eigenvalue weighted by molar-refractivity contribution is -0.128. The van der Waals surface area contributed by atoms with Crippen LogP contribution >= 0.6 is 0 Å². The van der Waals surface area contributed by atoms with E-state index in [4.69, 9.17) is 5.73 Å². The summed E-state index contributed by atoms with van der Waals surface area (Å²) in [6, 6.07) is -0.448. The topological polar surface area (TPSA) is 87.5 Å². The average Bonchev–Trinajstić information content (AvgIpc) is 2.26. The van der Waals surface area contributed by atoms with Crippen molar-refractivity contribution >= 4 is 11.8 Å². The Balaban J connectivity index is 4.09. The molecule has 0 saturated carbocycles. The first-order chi connectivity index (χ1) is 8.47. The van der Waals surface area contributed by atoms with E-state index >= 15 is 0 Å². The van der Waals surface area contributed by atoms with E-state index in [1.165, 1.54) is 6.92 Å². The lowest BCUT2D eigenvalue weighted by Gasteiger charge is -2.18. The fraction of sp³-hybridized carbons (Fsp3) is 0.833. The molecule has 0 spiro atoms. The van der Waals surface area contributed by atoms with Crippen molar-refractivity contribution in [3.05, 3.63) is 0 Å². The summed E-state index contributed by atoms with van der Waals surface area (Å²) in [5.74, 6) is -0.306. The monoisotopic (exact) mass is 258 g/mol. The SMILES string of the molecule is CC(=O)NC(CCCCN)C(=O)NCCN(C)C. The molecule has 0 aromatic heterocycles. The van der Waals surface area contributed by atoms with Crippen molar-refractivity contribution in [1.29, 1.82) is 0 Å². The highest BCUT2D eigenvalue weighted by Gasteiger charge is 2.18. The fourth-order valence-corrected chi connectivity index (χ4v) is 1.53. The second kappa shape index (κ2) is 9.85. The van der Waals surface area contributed by atoms with E-state index in [0.29, 0.717) is 19.5 Å². The van der Waals surface area contributed by atoms with Crippen molar-refractivity contribution in [2.75, 3.05) is 33.7 Å². The zero-order chi connectivity index (χ0) is 14.0. The molecule has 106 valence electrons. The van der Waals surface area contributed by atoms with Gasteiger partial charge in [-0.05, 0) is 39.9 Å². The summed E-state index contributed by atoms with van der Waals surface area (Å²) in [5, 5.41) is 5.49. The van der Waals surface area contributed by atoms with Gasteiger partial charge in [-0.3, -0.25) is 9.59 Å². The first-order valence-corrected chi connectivity index (χ1v) is 6.37. The lowest BCUT2D eigenvalue weighted by Crippen LogP contribution is -2.47. The van der Waals surface area contributed by atoms with Crippen LogP contribution in [-0.2, 0) is 9.59 Å². The van der Waals surface area contributed by atoms with Crippen molar-refractivity contribution in [2.24, 2.45) is 5.73 Å². The van der Waals surface area contributed by atoms with Crippen LogP contribution in [0.3, 0.4) is 0 Å². The number of likely N-dealkylation sites (N-methyl/N-ethyl adjacent to an activating group) is 1. The minimum absolute atomic E-state index is 0.121. The highest BCUT2D eigenvalue weighted by Crippen LogP contribution is 2.00. The molecule has 0 aromatic rings. The summed E-state index contributed by atoms with van der Waals surface area (Å²) >= 11 is 0. The highest BCUT2D eigenvalue weighted by molar-refractivity contribution is 5.86. The number of unbranched alkanes of at least 4 members (excludes halogenated alkanes) is 1. The quantitative estimate of drug-likeness (QED) is 0.477. The maximum absolute atomic E-state index is 11.9. The van der Waals surface area contributed by atoms with Crippen molar-refractivity contribution in [1.82, 2.24) is 15.5 Å². The largest absolute Gasteiger partial charge is 0.353 e. The second-order valence-electron chi connectivity index (χ2n) is 4.63. The molecule has 0 saturated heterocycles. The summed E-state index contributed by atoms with van der Waals surface area (Å²) < 4.78 is 0.